The summed E-state index contributed by atoms with van der Waals surface area (Å²) >= 11 is 0. The largest absolute Gasteiger partial charge is 0.490 e. The molecule has 2 nitrogen and oxygen atoms in total. The number of nitrogens with one attached hydrogen (secondary N) is 1. The van der Waals surface area contributed by atoms with E-state index in [-0.39, 0.29) is 5.54 Å². The molecule has 0 aromatic heterocycles. The van der Waals surface area contributed by atoms with Gasteiger partial charge in [0, 0.05) is 5.54 Å². The normalized spacial score (nSPS) is 15.9. The van der Waals surface area contributed by atoms with Gasteiger partial charge >= 0.3 is 0 Å². The first kappa shape index (κ1) is 14.1. The monoisotopic (exact) mass is 259 g/mol. The lowest BCUT2D eigenvalue weighted by atomic mass is 10.1. The zero-order valence-electron chi connectivity index (χ0n) is 12.3. The maximum absolute atomic E-state index is 5.79. The fraction of sp³-hybridized carbons (Fsp3) is 0.529. The fourth-order valence-electron chi connectivity index (χ4n) is 1.82. The van der Waals surface area contributed by atoms with E-state index in [0.29, 0.717) is 6.10 Å². The second-order valence-electron chi connectivity index (χ2n) is 6.26. The second kappa shape index (κ2) is 6.25. The Kier molecular flexibility index (Phi) is 4.65. The number of hydrogen-bond donors (Lipinski definition) is 1. The summed E-state index contributed by atoms with van der Waals surface area (Å²) in [4.78, 5) is 0. The molecule has 0 unspecified atom stereocenters. The van der Waals surface area contributed by atoms with E-state index in [1.54, 1.807) is 0 Å². The molecular weight excluding hydrogens is 234 g/mol. The van der Waals surface area contributed by atoms with Crippen LogP contribution in [0.3, 0.4) is 0 Å². The van der Waals surface area contributed by atoms with Crippen molar-refractivity contribution in [2.45, 2.75) is 51.7 Å². The Morgan fingerprint density at radius 2 is 2.11 bits per heavy atom. The molecule has 0 heterocycles. The van der Waals surface area contributed by atoms with Gasteiger partial charge in [-0.15, -0.1) is 0 Å². The van der Waals surface area contributed by atoms with Gasteiger partial charge in [-0.05, 0) is 64.3 Å². The Morgan fingerprint density at radius 1 is 1.32 bits per heavy atom. The van der Waals surface area contributed by atoms with Crippen LogP contribution >= 0.6 is 0 Å². The quantitative estimate of drug-likeness (QED) is 0.779. The molecule has 0 bridgehead atoms. The van der Waals surface area contributed by atoms with Gasteiger partial charge in [-0.2, -0.15) is 0 Å². The Labute approximate surface area is 116 Å². The summed E-state index contributed by atoms with van der Waals surface area (Å²) in [6, 6.07) is 8.33. The van der Waals surface area contributed by atoms with Gasteiger partial charge in [0.2, 0.25) is 0 Å². The predicted octanol–water partition coefficient (Wildman–Crippen LogP) is 4.02. The van der Waals surface area contributed by atoms with E-state index in [2.05, 4.69) is 56.4 Å². The Balaban J connectivity index is 1.77. The molecule has 1 fully saturated rings. The molecule has 1 aliphatic rings. The molecule has 0 spiro atoms. The average molecular weight is 259 g/mol. The Morgan fingerprint density at radius 3 is 2.79 bits per heavy atom. The van der Waals surface area contributed by atoms with Crippen molar-refractivity contribution in [3.05, 3.63) is 35.9 Å². The zero-order valence-corrected chi connectivity index (χ0v) is 12.3. The first-order chi connectivity index (χ1) is 9.03. The molecule has 2 rings (SSSR count). The summed E-state index contributed by atoms with van der Waals surface area (Å²) in [5.41, 5.74) is 1.42. The molecule has 1 N–H and O–H groups in total. The number of benzene rings is 1. The highest BCUT2D eigenvalue weighted by Gasteiger charge is 2.23. The minimum Gasteiger partial charge on any atom is -0.490 e. The lowest BCUT2D eigenvalue weighted by molar-refractivity contribution is 0.303. The number of rotatable bonds is 6. The van der Waals surface area contributed by atoms with Gasteiger partial charge in [0.05, 0.1) is 6.10 Å². The molecule has 1 saturated carbocycles. The summed E-state index contributed by atoms with van der Waals surface area (Å²) in [5, 5.41) is 3.48. The Bertz CT molecular complexity index is 427. The molecule has 2 heteroatoms. The van der Waals surface area contributed by atoms with E-state index in [9.17, 15) is 0 Å². The smallest absolute Gasteiger partial charge is 0.120 e. The van der Waals surface area contributed by atoms with E-state index in [0.717, 1.165) is 18.7 Å². The predicted molar refractivity (Wildman–Crippen MR) is 81.5 cm³/mol. The third-order valence-corrected chi connectivity index (χ3v) is 2.96. The van der Waals surface area contributed by atoms with Crippen LogP contribution in [0.2, 0.25) is 0 Å². The molecule has 0 saturated heterocycles. The van der Waals surface area contributed by atoms with Gasteiger partial charge in [0.1, 0.15) is 5.75 Å². The van der Waals surface area contributed by atoms with E-state index in [4.69, 9.17) is 4.74 Å². The van der Waals surface area contributed by atoms with Crippen LogP contribution in [0, 0.1) is 0 Å². The van der Waals surface area contributed by atoms with Crippen LogP contribution in [0.15, 0.2) is 30.3 Å². The van der Waals surface area contributed by atoms with E-state index >= 15 is 0 Å². The van der Waals surface area contributed by atoms with Crippen molar-refractivity contribution >= 4 is 6.08 Å². The van der Waals surface area contributed by atoms with Crippen LogP contribution in [0.1, 0.15) is 45.6 Å². The third kappa shape index (κ3) is 5.93. The summed E-state index contributed by atoms with van der Waals surface area (Å²) in [7, 11) is 0. The average Bonchev–Trinajstić information content (AvgIpc) is 3.11. The molecule has 0 atom stereocenters. The van der Waals surface area contributed by atoms with Crippen molar-refractivity contribution in [2.24, 2.45) is 0 Å². The summed E-state index contributed by atoms with van der Waals surface area (Å²) < 4.78 is 5.79. The van der Waals surface area contributed by atoms with Gasteiger partial charge in [-0.25, -0.2) is 0 Å². The lowest BCUT2D eigenvalue weighted by Crippen LogP contribution is -2.36. The van der Waals surface area contributed by atoms with Crippen LogP contribution < -0.4 is 10.1 Å². The molecule has 104 valence electrons. The minimum absolute atomic E-state index is 0.200. The van der Waals surface area contributed by atoms with Gasteiger partial charge < -0.3 is 10.1 Å². The first-order valence-corrected chi connectivity index (χ1v) is 7.21. The Hall–Kier alpha value is -1.28. The second-order valence-corrected chi connectivity index (χ2v) is 6.26. The van der Waals surface area contributed by atoms with Crippen molar-refractivity contribution in [1.82, 2.24) is 5.32 Å². The molecule has 0 aliphatic heterocycles. The van der Waals surface area contributed by atoms with Crippen LogP contribution in [0.5, 0.6) is 5.75 Å². The molecule has 0 radical (unpaired) electrons. The number of ether oxygens (including phenoxy) is 1. The highest BCUT2D eigenvalue weighted by Crippen LogP contribution is 2.27. The summed E-state index contributed by atoms with van der Waals surface area (Å²) in [5.74, 6) is 0.998. The van der Waals surface area contributed by atoms with E-state index in [1.807, 2.05) is 6.07 Å². The first-order valence-electron chi connectivity index (χ1n) is 7.21. The standard InChI is InChI=1S/C17H25NO/c1-17(2,3)18-12-5-4-7-14-8-6-9-16(13-14)19-15-10-11-15/h4,6-9,13,15,18H,5,10-12H2,1-3H3/b7-4+. The maximum atomic E-state index is 5.79. The van der Waals surface area contributed by atoms with Crippen molar-refractivity contribution in [3.8, 4) is 5.75 Å². The highest BCUT2D eigenvalue weighted by atomic mass is 16.5. The van der Waals surface area contributed by atoms with Crippen molar-refractivity contribution in [2.75, 3.05) is 6.54 Å². The molecule has 0 amide bonds. The van der Waals surface area contributed by atoms with Crippen molar-refractivity contribution in [1.29, 1.82) is 0 Å². The van der Waals surface area contributed by atoms with E-state index in [1.165, 1.54) is 18.4 Å². The fourth-order valence-corrected chi connectivity index (χ4v) is 1.82. The SMILES string of the molecule is CC(C)(C)NCC/C=C/c1cccc(OC2CC2)c1. The minimum atomic E-state index is 0.200. The van der Waals surface area contributed by atoms with Crippen LogP contribution in [0.25, 0.3) is 6.08 Å². The molecular formula is C17H25NO. The summed E-state index contributed by atoms with van der Waals surface area (Å²) in [6.07, 6.45) is 8.32. The maximum Gasteiger partial charge on any atom is 0.120 e. The van der Waals surface area contributed by atoms with Crippen molar-refractivity contribution in [3.63, 3.8) is 0 Å². The van der Waals surface area contributed by atoms with Gasteiger partial charge in [-0.3, -0.25) is 0 Å². The molecule has 1 aliphatic carbocycles. The molecule has 1 aromatic rings. The van der Waals surface area contributed by atoms with Crippen LogP contribution in [-0.2, 0) is 0 Å². The highest BCUT2D eigenvalue weighted by molar-refractivity contribution is 5.51. The van der Waals surface area contributed by atoms with Gasteiger partial charge in [-0.1, -0.05) is 24.3 Å². The summed E-state index contributed by atoms with van der Waals surface area (Å²) in [6.45, 7) is 7.58. The van der Waals surface area contributed by atoms with Crippen LogP contribution in [-0.4, -0.2) is 18.2 Å². The lowest BCUT2D eigenvalue weighted by Gasteiger charge is -2.19. The topological polar surface area (TPSA) is 21.3 Å². The zero-order chi connectivity index (χ0) is 13.7. The van der Waals surface area contributed by atoms with Gasteiger partial charge in [0.15, 0.2) is 0 Å². The molecule has 1 aromatic carbocycles. The van der Waals surface area contributed by atoms with E-state index < -0.39 is 0 Å². The van der Waals surface area contributed by atoms with Crippen LogP contribution in [0.4, 0.5) is 0 Å². The number of hydrogen-bond acceptors (Lipinski definition) is 2. The van der Waals surface area contributed by atoms with Crippen molar-refractivity contribution < 1.29 is 4.74 Å². The third-order valence-electron chi connectivity index (χ3n) is 2.96. The molecule has 19 heavy (non-hydrogen) atoms. The van der Waals surface area contributed by atoms with Gasteiger partial charge in [0.25, 0.3) is 0 Å².